The minimum absolute atomic E-state index is 0.130. The Balaban J connectivity index is 1.68. The molecule has 2 rings (SSSR count). The van der Waals surface area contributed by atoms with Gasteiger partial charge in [-0.2, -0.15) is 18.3 Å². The lowest BCUT2D eigenvalue weighted by molar-refractivity contribution is -0.127. The summed E-state index contributed by atoms with van der Waals surface area (Å²) in [5.41, 5.74) is 2.86. The maximum Gasteiger partial charge on any atom is 0.393 e. The number of hydrazone groups is 1. The number of rotatable bonds is 6. The molecule has 1 aliphatic heterocycles. The van der Waals surface area contributed by atoms with Gasteiger partial charge in [-0.25, -0.2) is 10.2 Å². The molecule has 1 heterocycles. The number of carbonyl (C=O) groups excluding carboxylic acids is 2. The Bertz CT molecular complexity index is 614. The molecule has 1 aromatic carbocycles. The lowest BCUT2D eigenvalue weighted by Crippen LogP contribution is -2.30. The van der Waals surface area contributed by atoms with E-state index in [1.807, 2.05) is 0 Å². The van der Waals surface area contributed by atoms with Crippen LogP contribution in [0, 0.1) is 5.92 Å². The number of nitrogens with one attached hydrogen (secondary N) is 3. The summed E-state index contributed by atoms with van der Waals surface area (Å²) in [6.07, 6.45) is -2.56. The summed E-state index contributed by atoms with van der Waals surface area (Å²) in [6, 6.07) is 5.02. The predicted octanol–water partition coefficient (Wildman–Crippen LogP) is 2.42. The van der Waals surface area contributed by atoms with Crippen molar-refractivity contribution in [3.8, 4) is 0 Å². The first-order valence-corrected chi connectivity index (χ1v) is 7.37. The van der Waals surface area contributed by atoms with Crippen LogP contribution in [-0.4, -0.2) is 30.9 Å². The molecule has 0 bridgehead atoms. The molecule has 0 spiro atoms. The molecule has 0 radical (unpaired) electrons. The van der Waals surface area contributed by atoms with Gasteiger partial charge in [0.05, 0.1) is 12.3 Å². The van der Waals surface area contributed by atoms with Gasteiger partial charge >= 0.3 is 12.2 Å². The van der Waals surface area contributed by atoms with Crippen LogP contribution in [0.5, 0.6) is 0 Å². The molecule has 3 amide bonds. The standard InChI is InChI=1S/C15H17F3N4O2/c16-15(17,18)8-10-3-5-12(6-4-10)21-14(24)19-7-1-2-11-9-20-22-13(11)23/h3-6,9,11H,1-2,7-8H2,(H,22,23)(H2,19,21,24). The highest BCUT2D eigenvalue weighted by Gasteiger charge is 2.27. The van der Waals surface area contributed by atoms with Gasteiger partial charge < -0.3 is 10.6 Å². The number of carbonyl (C=O) groups is 2. The van der Waals surface area contributed by atoms with Gasteiger partial charge in [-0.15, -0.1) is 0 Å². The number of benzene rings is 1. The molecule has 0 aromatic heterocycles. The average Bonchev–Trinajstić information content (AvgIpc) is 2.90. The second kappa shape index (κ2) is 7.80. The first-order valence-electron chi connectivity index (χ1n) is 7.37. The molecule has 1 aromatic rings. The molecule has 1 atom stereocenters. The zero-order valence-corrected chi connectivity index (χ0v) is 12.7. The molecule has 6 nitrogen and oxygen atoms in total. The quantitative estimate of drug-likeness (QED) is 0.694. The highest BCUT2D eigenvalue weighted by molar-refractivity contribution is 5.97. The maximum absolute atomic E-state index is 12.2. The summed E-state index contributed by atoms with van der Waals surface area (Å²) in [4.78, 5) is 22.9. The number of hydrogen-bond donors (Lipinski definition) is 3. The first kappa shape index (κ1) is 17.8. The van der Waals surface area contributed by atoms with Crippen molar-refractivity contribution in [3.05, 3.63) is 29.8 Å². The Labute approximate surface area is 136 Å². The largest absolute Gasteiger partial charge is 0.393 e. The van der Waals surface area contributed by atoms with E-state index in [4.69, 9.17) is 0 Å². The molecule has 3 N–H and O–H groups in total. The number of nitrogens with zero attached hydrogens (tertiary/aromatic N) is 1. The van der Waals surface area contributed by atoms with E-state index in [1.165, 1.54) is 30.5 Å². The molecule has 0 fully saturated rings. The summed E-state index contributed by atoms with van der Waals surface area (Å²) >= 11 is 0. The fraction of sp³-hybridized carbons (Fsp3) is 0.400. The van der Waals surface area contributed by atoms with Gasteiger partial charge in [-0.3, -0.25) is 4.79 Å². The van der Waals surface area contributed by atoms with E-state index in [9.17, 15) is 22.8 Å². The molecule has 1 unspecified atom stereocenters. The zero-order chi connectivity index (χ0) is 17.6. The summed E-state index contributed by atoms with van der Waals surface area (Å²) in [5, 5.41) is 8.80. The lowest BCUT2D eigenvalue weighted by atomic mass is 10.1. The molecule has 9 heteroatoms. The normalized spacial score (nSPS) is 16.8. The lowest BCUT2D eigenvalue weighted by Gasteiger charge is -2.10. The second-order valence-electron chi connectivity index (χ2n) is 5.37. The van der Waals surface area contributed by atoms with Crippen LogP contribution in [0.4, 0.5) is 23.7 Å². The Morgan fingerprint density at radius 3 is 2.54 bits per heavy atom. The number of hydrogen-bond acceptors (Lipinski definition) is 3. The number of urea groups is 1. The molecule has 1 aliphatic rings. The van der Waals surface area contributed by atoms with Crippen molar-refractivity contribution in [2.24, 2.45) is 11.0 Å². The van der Waals surface area contributed by atoms with E-state index in [1.54, 1.807) is 0 Å². The highest BCUT2D eigenvalue weighted by atomic mass is 19.4. The third-order valence-electron chi connectivity index (χ3n) is 3.36. The summed E-state index contributed by atoms with van der Waals surface area (Å²) in [5.74, 6) is -0.422. The topological polar surface area (TPSA) is 82.6 Å². The van der Waals surface area contributed by atoms with Crippen LogP contribution < -0.4 is 16.1 Å². The number of anilines is 1. The van der Waals surface area contributed by atoms with Gasteiger partial charge in [0.2, 0.25) is 5.91 Å². The molecular weight excluding hydrogens is 325 g/mol. The van der Waals surface area contributed by atoms with Gasteiger partial charge in [-0.05, 0) is 30.5 Å². The van der Waals surface area contributed by atoms with Crippen LogP contribution in [0.15, 0.2) is 29.4 Å². The minimum Gasteiger partial charge on any atom is -0.338 e. The van der Waals surface area contributed by atoms with Gasteiger partial charge in [0.1, 0.15) is 0 Å². The van der Waals surface area contributed by atoms with Crippen LogP contribution in [0.25, 0.3) is 0 Å². The number of alkyl halides is 3. The predicted molar refractivity (Wildman–Crippen MR) is 82.6 cm³/mol. The molecule has 0 saturated heterocycles. The number of amides is 3. The van der Waals surface area contributed by atoms with Crippen LogP contribution in [-0.2, 0) is 11.2 Å². The summed E-state index contributed by atoms with van der Waals surface area (Å²) in [7, 11) is 0. The number of halogens is 3. The highest BCUT2D eigenvalue weighted by Crippen LogP contribution is 2.22. The van der Waals surface area contributed by atoms with Gasteiger partial charge in [0.15, 0.2) is 0 Å². The van der Waals surface area contributed by atoms with E-state index in [0.29, 0.717) is 25.1 Å². The van der Waals surface area contributed by atoms with Gasteiger partial charge in [0.25, 0.3) is 0 Å². The van der Waals surface area contributed by atoms with Crippen molar-refractivity contribution in [3.63, 3.8) is 0 Å². The summed E-state index contributed by atoms with van der Waals surface area (Å²) < 4.78 is 36.7. The van der Waals surface area contributed by atoms with E-state index in [-0.39, 0.29) is 17.4 Å². The first-order chi connectivity index (χ1) is 11.3. The maximum atomic E-state index is 12.2. The Hall–Kier alpha value is -2.58. The van der Waals surface area contributed by atoms with Crippen LogP contribution in [0.1, 0.15) is 18.4 Å². The van der Waals surface area contributed by atoms with E-state index in [2.05, 4.69) is 21.2 Å². The fourth-order valence-corrected chi connectivity index (χ4v) is 2.18. The average molecular weight is 342 g/mol. The SMILES string of the molecule is O=C(NCCCC1C=NNC1=O)Nc1ccc(CC(F)(F)F)cc1. The molecular formula is C15H17F3N4O2. The molecule has 0 saturated carbocycles. The van der Waals surface area contributed by atoms with E-state index >= 15 is 0 Å². The minimum atomic E-state index is -4.26. The van der Waals surface area contributed by atoms with Crippen LogP contribution in [0.2, 0.25) is 0 Å². The van der Waals surface area contributed by atoms with Crippen molar-refractivity contribution >= 4 is 23.8 Å². The van der Waals surface area contributed by atoms with Crippen molar-refractivity contribution in [2.45, 2.75) is 25.4 Å². The fourth-order valence-electron chi connectivity index (χ4n) is 2.18. The Morgan fingerprint density at radius 2 is 1.96 bits per heavy atom. The van der Waals surface area contributed by atoms with Crippen LogP contribution >= 0.6 is 0 Å². The van der Waals surface area contributed by atoms with Crippen molar-refractivity contribution < 1.29 is 22.8 Å². The Kier molecular flexibility index (Phi) is 5.78. The summed E-state index contributed by atoms with van der Waals surface area (Å²) in [6.45, 7) is 0.371. The van der Waals surface area contributed by atoms with E-state index in [0.717, 1.165) is 0 Å². The van der Waals surface area contributed by atoms with Crippen molar-refractivity contribution in [1.82, 2.24) is 10.7 Å². The third-order valence-corrected chi connectivity index (χ3v) is 3.36. The zero-order valence-electron chi connectivity index (χ0n) is 12.7. The third kappa shape index (κ3) is 5.90. The van der Waals surface area contributed by atoms with E-state index < -0.39 is 18.6 Å². The van der Waals surface area contributed by atoms with Crippen molar-refractivity contribution in [2.75, 3.05) is 11.9 Å². The smallest absolute Gasteiger partial charge is 0.338 e. The van der Waals surface area contributed by atoms with Gasteiger partial charge in [0, 0.05) is 18.4 Å². The molecule has 0 aliphatic carbocycles. The van der Waals surface area contributed by atoms with Crippen molar-refractivity contribution in [1.29, 1.82) is 0 Å². The molecule has 24 heavy (non-hydrogen) atoms. The second-order valence-corrected chi connectivity index (χ2v) is 5.37. The van der Waals surface area contributed by atoms with Gasteiger partial charge in [-0.1, -0.05) is 12.1 Å². The monoisotopic (exact) mass is 342 g/mol. The van der Waals surface area contributed by atoms with Crippen LogP contribution in [0.3, 0.4) is 0 Å². The molecule has 130 valence electrons. The Morgan fingerprint density at radius 1 is 1.25 bits per heavy atom.